The summed E-state index contributed by atoms with van der Waals surface area (Å²) in [4.78, 5) is 6.69. The van der Waals surface area contributed by atoms with Crippen LogP contribution in [-0.2, 0) is 17.7 Å². The number of pyridine rings is 1. The summed E-state index contributed by atoms with van der Waals surface area (Å²) in [5.41, 5.74) is 3.82. The largest absolute Gasteiger partial charge is 0.457 e. The molecule has 0 N–H and O–H groups in total. The molecular formula is C19H18Cl2N2O2. The van der Waals surface area contributed by atoms with E-state index in [4.69, 9.17) is 32.4 Å². The second kappa shape index (κ2) is 6.61. The van der Waals surface area contributed by atoms with E-state index in [1.165, 1.54) is 0 Å². The number of hydrogen-bond acceptors (Lipinski definition) is 4. The van der Waals surface area contributed by atoms with E-state index in [0.717, 1.165) is 58.1 Å². The molecule has 1 aliphatic rings. The van der Waals surface area contributed by atoms with Crippen molar-refractivity contribution < 1.29 is 9.15 Å². The molecule has 1 unspecified atom stereocenters. The molecule has 0 aliphatic carbocycles. The van der Waals surface area contributed by atoms with E-state index in [-0.39, 0.29) is 0 Å². The number of nitrogens with zero attached hydrogens (tertiary/aromatic N) is 2. The fraction of sp³-hybridized carbons (Fsp3) is 0.316. The average Bonchev–Trinajstić information content (AvgIpc) is 2.82. The number of likely N-dealkylation sites (N-methyl/N-ethyl adjacent to an activating group) is 1. The van der Waals surface area contributed by atoms with Crippen molar-refractivity contribution in [3.05, 3.63) is 63.1 Å². The summed E-state index contributed by atoms with van der Waals surface area (Å²) < 4.78 is 12.0. The predicted octanol–water partition coefficient (Wildman–Crippen LogP) is 4.86. The Bertz CT molecular complexity index is 939. The second-order valence-electron chi connectivity index (χ2n) is 6.35. The summed E-state index contributed by atoms with van der Waals surface area (Å²) in [6.45, 7) is 1.72. The second-order valence-corrected chi connectivity index (χ2v) is 7.19. The van der Waals surface area contributed by atoms with Gasteiger partial charge in [0.25, 0.3) is 0 Å². The fourth-order valence-corrected chi connectivity index (χ4v) is 3.93. The minimum atomic E-state index is -0.417. The molecule has 2 aromatic heterocycles. The van der Waals surface area contributed by atoms with E-state index in [9.17, 15) is 0 Å². The van der Waals surface area contributed by atoms with Crippen LogP contribution in [0.5, 0.6) is 0 Å². The normalized spacial score (nSPS) is 16.2. The molecule has 130 valence electrons. The minimum Gasteiger partial charge on any atom is -0.457 e. The van der Waals surface area contributed by atoms with Gasteiger partial charge in [-0.3, -0.25) is 4.98 Å². The maximum atomic E-state index is 6.47. The van der Waals surface area contributed by atoms with E-state index in [1.807, 2.05) is 18.2 Å². The molecule has 4 rings (SSSR count). The zero-order chi connectivity index (χ0) is 17.6. The third-order valence-electron chi connectivity index (χ3n) is 4.69. The number of rotatable bonds is 3. The summed E-state index contributed by atoms with van der Waals surface area (Å²) in [6, 6.07) is 7.39. The summed E-state index contributed by atoms with van der Waals surface area (Å²) in [6.07, 6.45) is 2.16. The number of hydrogen-bond donors (Lipinski definition) is 0. The molecule has 0 spiro atoms. The third kappa shape index (κ3) is 2.93. The number of benzene rings is 1. The lowest BCUT2D eigenvalue weighted by atomic mass is 10.0. The molecule has 0 amide bonds. The highest BCUT2D eigenvalue weighted by atomic mass is 35.5. The van der Waals surface area contributed by atoms with Gasteiger partial charge in [0.05, 0.1) is 5.69 Å². The Kier molecular flexibility index (Phi) is 4.46. The molecule has 3 heterocycles. The molecule has 3 aromatic rings. The van der Waals surface area contributed by atoms with Gasteiger partial charge in [-0.05, 0) is 43.3 Å². The van der Waals surface area contributed by atoms with Crippen LogP contribution in [0.2, 0.25) is 10.0 Å². The van der Waals surface area contributed by atoms with E-state index in [2.05, 4.69) is 16.9 Å². The van der Waals surface area contributed by atoms with Crippen molar-refractivity contribution in [2.75, 3.05) is 20.7 Å². The Morgan fingerprint density at radius 3 is 2.84 bits per heavy atom. The van der Waals surface area contributed by atoms with Gasteiger partial charge in [0.15, 0.2) is 6.10 Å². The zero-order valence-corrected chi connectivity index (χ0v) is 15.6. The standard InChI is InChI=1S/C19H18Cl2N2O2/c1-23-8-6-12-14(21)3-4-16-17(12)13(10-23)18(25-16)19(24-2)15-9-11(20)5-7-22-15/h3-5,7,9,19H,6,8,10H2,1-2H3. The number of halogens is 2. The first kappa shape index (κ1) is 16.9. The summed E-state index contributed by atoms with van der Waals surface area (Å²) in [7, 11) is 3.75. The van der Waals surface area contributed by atoms with Crippen LogP contribution >= 0.6 is 23.2 Å². The lowest BCUT2D eigenvalue weighted by Crippen LogP contribution is -2.19. The van der Waals surface area contributed by atoms with Gasteiger partial charge in [-0.15, -0.1) is 0 Å². The number of ether oxygens (including phenoxy) is 1. The maximum absolute atomic E-state index is 6.47. The van der Waals surface area contributed by atoms with Crippen LogP contribution < -0.4 is 0 Å². The first-order valence-electron chi connectivity index (χ1n) is 8.14. The van der Waals surface area contributed by atoms with Crippen LogP contribution in [-0.4, -0.2) is 30.6 Å². The van der Waals surface area contributed by atoms with Crippen LogP contribution in [0.25, 0.3) is 11.0 Å². The van der Waals surface area contributed by atoms with E-state index in [0.29, 0.717) is 5.02 Å². The summed E-state index contributed by atoms with van der Waals surface area (Å²) >= 11 is 12.6. The van der Waals surface area contributed by atoms with Crippen LogP contribution in [0.4, 0.5) is 0 Å². The molecule has 4 nitrogen and oxygen atoms in total. The quantitative estimate of drug-likeness (QED) is 0.654. The Morgan fingerprint density at radius 1 is 1.24 bits per heavy atom. The van der Waals surface area contributed by atoms with E-state index in [1.54, 1.807) is 19.4 Å². The molecule has 1 aromatic carbocycles. The SMILES string of the molecule is COC(c1cc(Cl)ccn1)c1oc2ccc(Cl)c3c2c1CN(C)CC3. The Labute approximate surface area is 156 Å². The van der Waals surface area contributed by atoms with Crippen molar-refractivity contribution >= 4 is 34.2 Å². The molecular weight excluding hydrogens is 359 g/mol. The van der Waals surface area contributed by atoms with Crippen LogP contribution in [0.3, 0.4) is 0 Å². The van der Waals surface area contributed by atoms with Gasteiger partial charge in [0.2, 0.25) is 0 Å². The lowest BCUT2D eigenvalue weighted by molar-refractivity contribution is 0.112. The lowest BCUT2D eigenvalue weighted by Gasteiger charge is -2.17. The molecule has 1 atom stereocenters. The molecule has 25 heavy (non-hydrogen) atoms. The smallest absolute Gasteiger partial charge is 0.157 e. The molecule has 6 heteroatoms. The zero-order valence-electron chi connectivity index (χ0n) is 14.1. The fourth-order valence-electron chi connectivity index (χ4n) is 3.51. The van der Waals surface area contributed by atoms with Crippen LogP contribution in [0.1, 0.15) is 28.7 Å². The van der Waals surface area contributed by atoms with Crippen molar-refractivity contribution in [2.24, 2.45) is 0 Å². The highest BCUT2D eigenvalue weighted by Gasteiger charge is 2.29. The van der Waals surface area contributed by atoms with Crippen LogP contribution in [0.15, 0.2) is 34.9 Å². The maximum Gasteiger partial charge on any atom is 0.157 e. The Morgan fingerprint density at radius 2 is 2.08 bits per heavy atom. The first-order valence-corrected chi connectivity index (χ1v) is 8.89. The monoisotopic (exact) mass is 376 g/mol. The number of furan rings is 1. The van der Waals surface area contributed by atoms with Gasteiger partial charge in [0.1, 0.15) is 11.3 Å². The van der Waals surface area contributed by atoms with Gasteiger partial charge in [-0.25, -0.2) is 0 Å². The molecule has 1 aliphatic heterocycles. The van der Waals surface area contributed by atoms with Gasteiger partial charge in [0, 0.05) is 47.4 Å². The van der Waals surface area contributed by atoms with E-state index < -0.39 is 6.10 Å². The van der Waals surface area contributed by atoms with E-state index >= 15 is 0 Å². The predicted molar refractivity (Wildman–Crippen MR) is 99.4 cm³/mol. The topological polar surface area (TPSA) is 38.5 Å². The first-order chi connectivity index (χ1) is 12.1. The Hall–Kier alpha value is -1.59. The third-order valence-corrected chi connectivity index (χ3v) is 5.28. The molecule has 0 radical (unpaired) electrons. The Balaban J connectivity index is 1.95. The molecule has 0 fully saturated rings. The highest BCUT2D eigenvalue weighted by Crippen LogP contribution is 2.40. The molecule has 0 saturated carbocycles. The van der Waals surface area contributed by atoms with Gasteiger partial charge >= 0.3 is 0 Å². The van der Waals surface area contributed by atoms with Crippen molar-refractivity contribution in [3.8, 4) is 0 Å². The van der Waals surface area contributed by atoms with Crippen molar-refractivity contribution in [2.45, 2.75) is 19.1 Å². The van der Waals surface area contributed by atoms with Crippen molar-refractivity contribution in [1.29, 1.82) is 0 Å². The van der Waals surface area contributed by atoms with Crippen molar-refractivity contribution in [1.82, 2.24) is 9.88 Å². The van der Waals surface area contributed by atoms with Gasteiger partial charge in [-0.1, -0.05) is 23.2 Å². The molecule has 0 bridgehead atoms. The minimum absolute atomic E-state index is 0.417. The number of aromatic nitrogens is 1. The molecule has 0 saturated heterocycles. The van der Waals surface area contributed by atoms with Gasteiger partial charge < -0.3 is 14.1 Å². The van der Waals surface area contributed by atoms with Gasteiger partial charge in [-0.2, -0.15) is 0 Å². The average molecular weight is 377 g/mol. The highest BCUT2D eigenvalue weighted by molar-refractivity contribution is 6.32. The summed E-state index contributed by atoms with van der Waals surface area (Å²) in [5.74, 6) is 0.768. The van der Waals surface area contributed by atoms with Crippen LogP contribution in [0, 0.1) is 0 Å². The number of methoxy groups -OCH3 is 1. The van der Waals surface area contributed by atoms with Crippen molar-refractivity contribution in [3.63, 3.8) is 0 Å². The summed E-state index contributed by atoms with van der Waals surface area (Å²) in [5, 5.41) is 2.51.